The zero-order chi connectivity index (χ0) is 15.9. The Balaban J connectivity index is 2.32. The summed E-state index contributed by atoms with van der Waals surface area (Å²) in [5.41, 5.74) is 3.50. The molecule has 0 bridgehead atoms. The van der Waals surface area contributed by atoms with Crippen molar-refractivity contribution in [1.29, 1.82) is 5.26 Å². The van der Waals surface area contributed by atoms with Crippen LogP contribution in [0.1, 0.15) is 28.4 Å². The highest BCUT2D eigenvalue weighted by atomic mass is 16.1. The lowest BCUT2D eigenvalue weighted by atomic mass is 9.98. The number of hydrogen-bond acceptors (Lipinski definition) is 2. The third-order valence-electron chi connectivity index (χ3n) is 3.32. The smallest absolute Gasteiger partial charge is 0.203 e. The topological polar surface area (TPSA) is 40.9 Å². The molecular weight excluding hydrogens is 270 g/mol. The maximum absolute atomic E-state index is 12.5. The molecule has 0 aliphatic heterocycles. The first-order valence-electron chi connectivity index (χ1n) is 7.07. The summed E-state index contributed by atoms with van der Waals surface area (Å²) in [7, 11) is 0. The van der Waals surface area contributed by atoms with Crippen molar-refractivity contribution in [3.63, 3.8) is 0 Å². The molecule has 0 aliphatic carbocycles. The number of rotatable bonds is 4. The summed E-state index contributed by atoms with van der Waals surface area (Å²) >= 11 is 0. The highest BCUT2D eigenvalue weighted by Gasteiger charge is 2.13. The summed E-state index contributed by atoms with van der Waals surface area (Å²) in [6, 6.07) is 19.1. The van der Waals surface area contributed by atoms with Crippen LogP contribution >= 0.6 is 0 Å². The molecule has 0 N–H and O–H groups in total. The Morgan fingerprint density at radius 3 is 2.32 bits per heavy atom. The minimum Gasteiger partial charge on any atom is -0.288 e. The molecule has 2 aromatic carbocycles. The van der Waals surface area contributed by atoms with E-state index in [1.165, 1.54) is 0 Å². The average Bonchev–Trinajstić information content (AvgIpc) is 2.53. The minimum atomic E-state index is -0.235. The van der Waals surface area contributed by atoms with E-state index in [1.54, 1.807) is 12.1 Å². The molecule has 0 atom stereocenters. The Morgan fingerprint density at radius 2 is 1.68 bits per heavy atom. The van der Waals surface area contributed by atoms with Crippen LogP contribution in [0.2, 0.25) is 0 Å². The summed E-state index contributed by atoms with van der Waals surface area (Å²) in [6.45, 7) is 3.75. The van der Waals surface area contributed by atoms with Gasteiger partial charge in [0.1, 0.15) is 11.6 Å². The molecule has 0 aliphatic rings. The second-order valence-corrected chi connectivity index (χ2v) is 5.11. The number of Topliss-reactive ketones (excluding diaryl/α,β-unsaturated/α-hetero) is 1. The molecule has 22 heavy (non-hydrogen) atoms. The third-order valence-corrected chi connectivity index (χ3v) is 3.32. The fourth-order valence-corrected chi connectivity index (χ4v) is 2.20. The molecule has 2 heteroatoms. The lowest BCUT2D eigenvalue weighted by Gasteiger charge is -2.03. The molecule has 0 aromatic heterocycles. The van der Waals surface area contributed by atoms with Crippen LogP contribution < -0.4 is 0 Å². The van der Waals surface area contributed by atoms with Crippen molar-refractivity contribution in [3.8, 4) is 6.07 Å². The molecule has 2 rings (SSSR count). The van der Waals surface area contributed by atoms with Gasteiger partial charge in [-0.1, -0.05) is 60.7 Å². The molecule has 0 heterocycles. The highest BCUT2D eigenvalue weighted by Crippen LogP contribution is 2.15. The van der Waals surface area contributed by atoms with E-state index in [0.717, 1.165) is 16.7 Å². The van der Waals surface area contributed by atoms with E-state index >= 15 is 0 Å². The van der Waals surface area contributed by atoms with Gasteiger partial charge < -0.3 is 0 Å². The number of carbonyl (C=O) groups excluding carboxylic acids is 1. The van der Waals surface area contributed by atoms with Crippen LogP contribution in [0.25, 0.3) is 6.08 Å². The number of carbonyl (C=O) groups is 1. The molecule has 2 nitrogen and oxygen atoms in total. The van der Waals surface area contributed by atoms with E-state index < -0.39 is 0 Å². The monoisotopic (exact) mass is 287 g/mol. The van der Waals surface area contributed by atoms with Gasteiger partial charge in [0.25, 0.3) is 0 Å². The van der Waals surface area contributed by atoms with Gasteiger partial charge in [0.05, 0.1) is 0 Å². The van der Waals surface area contributed by atoms with Gasteiger partial charge in [0.2, 0.25) is 5.78 Å². The summed E-state index contributed by atoms with van der Waals surface area (Å²) in [5.74, 6) is -0.235. The predicted molar refractivity (Wildman–Crippen MR) is 89.3 cm³/mol. The van der Waals surface area contributed by atoms with Gasteiger partial charge in [-0.15, -0.1) is 0 Å². The molecule has 0 amide bonds. The second kappa shape index (κ2) is 7.19. The van der Waals surface area contributed by atoms with Gasteiger partial charge in [-0.25, -0.2) is 0 Å². The molecule has 0 spiro atoms. The van der Waals surface area contributed by atoms with E-state index in [9.17, 15) is 10.1 Å². The molecule has 0 fully saturated rings. The lowest BCUT2D eigenvalue weighted by molar-refractivity contribution is 0.103. The van der Waals surface area contributed by atoms with Gasteiger partial charge in [0.15, 0.2) is 0 Å². The molecule has 108 valence electrons. The van der Waals surface area contributed by atoms with E-state index in [0.29, 0.717) is 5.56 Å². The fraction of sp³-hybridized carbons (Fsp3) is 0.100. The molecule has 0 saturated heterocycles. The standard InChI is InChI=1S/C20H17NO/c1-15(12-17-9-4-3-5-10-17)13-18(14-21)20(22)19-11-7-6-8-16(19)2/h3-13H,1-2H3/b15-12+,18-13+. The summed E-state index contributed by atoms with van der Waals surface area (Å²) in [5, 5.41) is 9.30. The van der Waals surface area contributed by atoms with Gasteiger partial charge in [-0.2, -0.15) is 5.26 Å². The number of allylic oxidation sites excluding steroid dienone is 3. The fourth-order valence-electron chi connectivity index (χ4n) is 2.20. The van der Waals surface area contributed by atoms with Crippen molar-refractivity contribution in [2.45, 2.75) is 13.8 Å². The Hall–Kier alpha value is -2.92. The van der Waals surface area contributed by atoms with E-state index in [4.69, 9.17) is 0 Å². The Kier molecular flexibility index (Phi) is 5.06. The van der Waals surface area contributed by atoms with Crippen LogP contribution in [0, 0.1) is 18.3 Å². The van der Waals surface area contributed by atoms with E-state index in [-0.39, 0.29) is 11.4 Å². The van der Waals surface area contributed by atoms with Crippen LogP contribution in [-0.2, 0) is 0 Å². The van der Waals surface area contributed by atoms with Crippen LogP contribution in [0.4, 0.5) is 0 Å². The van der Waals surface area contributed by atoms with Gasteiger partial charge in [0, 0.05) is 5.56 Å². The van der Waals surface area contributed by atoms with Crippen molar-refractivity contribution >= 4 is 11.9 Å². The van der Waals surface area contributed by atoms with Crippen LogP contribution in [0.15, 0.2) is 71.8 Å². The first kappa shape index (κ1) is 15.5. The van der Waals surface area contributed by atoms with Crippen molar-refractivity contribution in [1.82, 2.24) is 0 Å². The van der Waals surface area contributed by atoms with Crippen LogP contribution in [0.5, 0.6) is 0 Å². The van der Waals surface area contributed by atoms with Crippen molar-refractivity contribution in [2.24, 2.45) is 0 Å². The van der Waals surface area contributed by atoms with Crippen molar-refractivity contribution in [3.05, 3.63) is 88.5 Å². The SMILES string of the molecule is CC(=C\c1ccccc1)/C=C(\C#N)C(=O)c1ccccc1C. The Bertz CT molecular complexity index is 777. The maximum atomic E-state index is 12.5. The van der Waals surface area contributed by atoms with Gasteiger partial charge in [-0.3, -0.25) is 4.79 Å². The molecular formula is C20H17NO. The first-order chi connectivity index (χ1) is 10.6. The molecule has 0 unspecified atom stereocenters. The average molecular weight is 287 g/mol. The third kappa shape index (κ3) is 3.80. The van der Waals surface area contributed by atoms with E-state index in [2.05, 4.69) is 0 Å². The first-order valence-corrected chi connectivity index (χ1v) is 7.07. The largest absolute Gasteiger partial charge is 0.288 e. The summed E-state index contributed by atoms with van der Waals surface area (Å²) in [6.07, 6.45) is 3.59. The highest BCUT2D eigenvalue weighted by molar-refractivity contribution is 6.12. The maximum Gasteiger partial charge on any atom is 0.203 e. The van der Waals surface area contributed by atoms with Crippen LogP contribution in [0.3, 0.4) is 0 Å². The number of nitriles is 1. The zero-order valence-electron chi connectivity index (χ0n) is 12.7. The number of hydrogen-bond donors (Lipinski definition) is 0. The zero-order valence-corrected chi connectivity index (χ0v) is 12.7. The number of benzene rings is 2. The minimum absolute atomic E-state index is 0.152. The van der Waals surface area contributed by atoms with Gasteiger partial charge in [-0.05, 0) is 36.6 Å². The normalized spacial score (nSPS) is 11.9. The Labute approximate surface area is 131 Å². The quantitative estimate of drug-likeness (QED) is 0.353. The number of ketones is 1. The Morgan fingerprint density at radius 1 is 1.05 bits per heavy atom. The second-order valence-electron chi connectivity index (χ2n) is 5.11. The van der Waals surface area contributed by atoms with Crippen molar-refractivity contribution < 1.29 is 4.79 Å². The number of nitrogens with zero attached hydrogens (tertiary/aromatic N) is 1. The molecule has 2 aromatic rings. The van der Waals surface area contributed by atoms with Crippen molar-refractivity contribution in [2.75, 3.05) is 0 Å². The van der Waals surface area contributed by atoms with Gasteiger partial charge >= 0.3 is 0 Å². The molecule has 0 saturated carbocycles. The number of aryl methyl sites for hydroxylation is 1. The predicted octanol–water partition coefficient (Wildman–Crippen LogP) is 4.73. The van der Waals surface area contributed by atoms with Crippen LogP contribution in [-0.4, -0.2) is 5.78 Å². The molecule has 0 radical (unpaired) electrons. The summed E-state index contributed by atoms with van der Waals surface area (Å²) < 4.78 is 0. The summed E-state index contributed by atoms with van der Waals surface area (Å²) in [4.78, 5) is 12.5. The van der Waals surface area contributed by atoms with E-state index in [1.807, 2.05) is 74.5 Å². The lowest BCUT2D eigenvalue weighted by Crippen LogP contribution is -2.04.